The lowest BCUT2D eigenvalue weighted by Crippen LogP contribution is -2.04. The maximum Gasteiger partial charge on any atom is 0.144 e. The summed E-state index contributed by atoms with van der Waals surface area (Å²) in [6.07, 6.45) is 2.54. The number of hydrogen-bond acceptors (Lipinski definition) is 5. The number of aromatic nitrogens is 2. The molecule has 4 nitrogen and oxygen atoms in total. The largest absolute Gasteiger partial charge is 0.491 e. The molecule has 0 radical (unpaired) electrons. The van der Waals surface area contributed by atoms with Crippen LogP contribution in [-0.2, 0) is 6.42 Å². The van der Waals surface area contributed by atoms with Gasteiger partial charge in [-0.25, -0.2) is 4.98 Å². The second kappa shape index (κ2) is 5.24. The van der Waals surface area contributed by atoms with E-state index in [-0.39, 0.29) is 0 Å². The fraction of sp³-hybridized carbons (Fsp3) is 0.143. The van der Waals surface area contributed by atoms with Crippen molar-refractivity contribution in [3.05, 3.63) is 47.7 Å². The molecule has 96 valence electrons. The lowest BCUT2D eigenvalue weighted by Gasteiger charge is -2.08. The standard InChI is InChI=1S/C14H13N3OS/c15-13-11(4-5-12-14(13)17-9-19-12)18-8-6-10-3-1-2-7-16-10/h1-5,7,9H,6,8,15H2. The number of nitrogen functional groups attached to an aromatic ring is 1. The number of pyridine rings is 1. The number of ether oxygens (including phenoxy) is 1. The normalized spacial score (nSPS) is 10.7. The molecular weight excluding hydrogens is 258 g/mol. The third kappa shape index (κ3) is 2.51. The van der Waals surface area contributed by atoms with Crippen LogP contribution in [0.3, 0.4) is 0 Å². The molecule has 0 amide bonds. The highest BCUT2D eigenvalue weighted by atomic mass is 32.1. The zero-order valence-electron chi connectivity index (χ0n) is 10.2. The Labute approximate surface area is 114 Å². The first-order valence-corrected chi connectivity index (χ1v) is 6.87. The van der Waals surface area contributed by atoms with Gasteiger partial charge in [0.05, 0.1) is 16.8 Å². The van der Waals surface area contributed by atoms with Crippen LogP contribution in [0.2, 0.25) is 0 Å². The van der Waals surface area contributed by atoms with Crippen LogP contribution in [0.1, 0.15) is 5.69 Å². The Morgan fingerprint density at radius 3 is 2.95 bits per heavy atom. The van der Waals surface area contributed by atoms with Crippen LogP contribution in [0.4, 0.5) is 5.69 Å². The Morgan fingerprint density at radius 1 is 1.16 bits per heavy atom. The van der Waals surface area contributed by atoms with Crippen molar-refractivity contribution in [2.75, 3.05) is 12.3 Å². The van der Waals surface area contributed by atoms with E-state index in [0.29, 0.717) is 18.0 Å². The minimum absolute atomic E-state index is 0.552. The summed E-state index contributed by atoms with van der Waals surface area (Å²) in [6.45, 7) is 0.552. The molecule has 19 heavy (non-hydrogen) atoms. The van der Waals surface area contributed by atoms with Gasteiger partial charge in [-0.05, 0) is 24.3 Å². The molecule has 0 unspecified atom stereocenters. The van der Waals surface area contributed by atoms with Gasteiger partial charge in [-0.2, -0.15) is 0 Å². The van der Waals surface area contributed by atoms with Crippen LogP contribution in [0, 0.1) is 0 Å². The van der Waals surface area contributed by atoms with Crippen molar-refractivity contribution >= 4 is 27.2 Å². The molecule has 0 aliphatic heterocycles. The zero-order chi connectivity index (χ0) is 13.1. The molecule has 5 heteroatoms. The smallest absolute Gasteiger partial charge is 0.144 e. The number of hydrogen-bond donors (Lipinski definition) is 1. The Balaban J connectivity index is 1.70. The third-order valence-corrected chi connectivity index (χ3v) is 3.64. The van der Waals surface area contributed by atoms with E-state index in [4.69, 9.17) is 10.5 Å². The first-order chi connectivity index (χ1) is 9.34. The van der Waals surface area contributed by atoms with E-state index in [2.05, 4.69) is 9.97 Å². The molecular formula is C14H13N3OS. The molecule has 0 saturated heterocycles. The highest BCUT2D eigenvalue weighted by Gasteiger charge is 2.07. The molecule has 0 spiro atoms. The molecule has 0 fully saturated rings. The molecule has 2 aromatic heterocycles. The van der Waals surface area contributed by atoms with Crippen LogP contribution in [0.25, 0.3) is 10.2 Å². The maximum atomic E-state index is 6.05. The van der Waals surface area contributed by atoms with Crippen molar-refractivity contribution in [3.63, 3.8) is 0 Å². The van der Waals surface area contributed by atoms with E-state index in [1.165, 1.54) is 0 Å². The molecule has 2 N–H and O–H groups in total. The summed E-state index contributed by atoms with van der Waals surface area (Å²) in [5, 5.41) is 0. The van der Waals surface area contributed by atoms with Gasteiger partial charge in [0.25, 0.3) is 0 Å². The number of nitrogens with zero attached hydrogens (tertiary/aromatic N) is 2. The van der Waals surface area contributed by atoms with E-state index >= 15 is 0 Å². The predicted octanol–water partition coefficient (Wildman–Crippen LogP) is 2.90. The first kappa shape index (κ1) is 11.9. The SMILES string of the molecule is Nc1c(OCCc2ccccn2)ccc2scnc12. The minimum atomic E-state index is 0.552. The summed E-state index contributed by atoms with van der Waals surface area (Å²) in [5.41, 5.74) is 10.3. The molecule has 3 aromatic rings. The molecule has 0 aliphatic rings. The lowest BCUT2D eigenvalue weighted by atomic mass is 10.2. The van der Waals surface area contributed by atoms with Gasteiger partial charge in [-0.3, -0.25) is 4.98 Å². The van der Waals surface area contributed by atoms with Crippen molar-refractivity contribution in [2.45, 2.75) is 6.42 Å². The van der Waals surface area contributed by atoms with Crippen molar-refractivity contribution in [1.29, 1.82) is 0 Å². The molecule has 0 atom stereocenters. The topological polar surface area (TPSA) is 61.0 Å². The lowest BCUT2D eigenvalue weighted by molar-refractivity contribution is 0.322. The van der Waals surface area contributed by atoms with Gasteiger partial charge in [0.15, 0.2) is 0 Å². The Hall–Kier alpha value is -2.14. The highest BCUT2D eigenvalue weighted by molar-refractivity contribution is 7.16. The summed E-state index contributed by atoms with van der Waals surface area (Å²) in [4.78, 5) is 8.50. The Bertz CT molecular complexity index is 681. The summed E-state index contributed by atoms with van der Waals surface area (Å²) in [5.74, 6) is 0.689. The van der Waals surface area contributed by atoms with Crippen LogP contribution < -0.4 is 10.5 Å². The second-order valence-corrected chi connectivity index (χ2v) is 4.98. The van der Waals surface area contributed by atoms with Gasteiger partial charge in [0.2, 0.25) is 0 Å². The van der Waals surface area contributed by atoms with Gasteiger partial charge >= 0.3 is 0 Å². The summed E-state index contributed by atoms with van der Waals surface area (Å²) in [7, 11) is 0. The van der Waals surface area contributed by atoms with Crippen molar-refractivity contribution in [2.24, 2.45) is 0 Å². The average Bonchev–Trinajstić information content (AvgIpc) is 2.92. The molecule has 0 bridgehead atoms. The number of thiazole rings is 1. The second-order valence-electron chi connectivity index (χ2n) is 4.10. The van der Waals surface area contributed by atoms with Crippen LogP contribution in [0.5, 0.6) is 5.75 Å². The van der Waals surface area contributed by atoms with Crippen molar-refractivity contribution in [3.8, 4) is 5.75 Å². The van der Waals surface area contributed by atoms with E-state index in [1.54, 1.807) is 23.0 Å². The van der Waals surface area contributed by atoms with E-state index in [9.17, 15) is 0 Å². The summed E-state index contributed by atoms with van der Waals surface area (Å²) in [6, 6.07) is 9.74. The number of benzene rings is 1. The van der Waals surface area contributed by atoms with Crippen molar-refractivity contribution < 1.29 is 4.74 Å². The highest BCUT2D eigenvalue weighted by Crippen LogP contribution is 2.31. The number of fused-ring (bicyclic) bond motifs is 1. The van der Waals surface area contributed by atoms with Crippen LogP contribution in [-0.4, -0.2) is 16.6 Å². The third-order valence-electron chi connectivity index (χ3n) is 2.84. The summed E-state index contributed by atoms with van der Waals surface area (Å²) >= 11 is 1.57. The minimum Gasteiger partial charge on any atom is -0.491 e. The quantitative estimate of drug-likeness (QED) is 0.741. The van der Waals surface area contributed by atoms with Gasteiger partial charge in [0.1, 0.15) is 17.0 Å². The predicted molar refractivity (Wildman–Crippen MR) is 77.5 cm³/mol. The number of rotatable bonds is 4. The monoisotopic (exact) mass is 271 g/mol. The molecule has 3 rings (SSSR count). The zero-order valence-corrected chi connectivity index (χ0v) is 11.1. The molecule has 2 heterocycles. The molecule has 0 aliphatic carbocycles. The van der Waals surface area contributed by atoms with Gasteiger partial charge in [-0.1, -0.05) is 6.07 Å². The fourth-order valence-electron chi connectivity index (χ4n) is 1.87. The average molecular weight is 271 g/mol. The van der Waals surface area contributed by atoms with Gasteiger partial charge in [-0.15, -0.1) is 11.3 Å². The number of anilines is 1. The maximum absolute atomic E-state index is 6.05. The van der Waals surface area contributed by atoms with Gasteiger partial charge in [0, 0.05) is 18.3 Å². The number of nitrogens with two attached hydrogens (primary N) is 1. The molecule has 0 saturated carbocycles. The van der Waals surface area contributed by atoms with Crippen molar-refractivity contribution in [1.82, 2.24) is 9.97 Å². The summed E-state index contributed by atoms with van der Waals surface area (Å²) < 4.78 is 6.80. The fourth-order valence-corrected chi connectivity index (χ4v) is 2.56. The van der Waals surface area contributed by atoms with E-state index in [1.807, 2.05) is 30.3 Å². The van der Waals surface area contributed by atoms with E-state index in [0.717, 1.165) is 22.3 Å². The van der Waals surface area contributed by atoms with Gasteiger partial charge < -0.3 is 10.5 Å². The van der Waals surface area contributed by atoms with Crippen LogP contribution in [0.15, 0.2) is 42.0 Å². The first-order valence-electron chi connectivity index (χ1n) is 5.99. The Morgan fingerprint density at radius 2 is 2.11 bits per heavy atom. The van der Waals surface area contributed by atoms with E-state index < -0.39 is 0 Å². The molecule has 1 aromatic carbocycles. The Kier molecular flexibility index (Phi) is 3.29. The van der Waals surface area contributed by atoms with Crippen LogP contribution >= 0.6 is 11.3 Å².